The summed E-state index contributed by atoms with van der Waals surface area (Å²) < 4.78 is 0. The quantitative estimate of drug-likeness (QED) is 0.604. The molecule has 14 heavy (non-hydrogen) atoms. The second-order valence-electron chi connectivity index (χ2n) is 4.15. The second-order valence-corrected chi connectivity index (χ2v) is 4.15. The first-order valence-electron chi connectivity index (χ1n) is 5.32. The Hall–Kier alpha value is -0.610. The van der Waals surface area contributed by atoms with E-state index < -0.39 is 6.04 Å². The Kier molecular flexibility index (Phi) is 3.89. The zero-order valence-electron chi connectivity index (χ0n) is 8.75. The van der Waals surface area contributed by atoms with Gasteiger partial charge in [-0.15, -0.1) is 0 Å². The minimum Gasteiger partial charge on any atom is -0.394 e. The van der Waals surface area contributed by atoms with Crippen molar-refractivity contribution in [1.82, 2.24) is 5.32 Å². The summed E-state index contributed by atoms with van der Waals surface area (Å²) in [6, 6.07) is -0.445. The van der Waals surface area contributed by atoms with Crippen molar-refractivity contribution in [2.75, 3.05) is 6.61 Å². The van der Waals surface area contributed by atoms with E-state index in [1.807, 2.05) is 6.92 Å². The van der Waals surface area contributed by atoms with E-state index in [-0.39, 0.29) is 18.1 Å². The normalized spacial score (nSPS) is 21.9. The van der Waals surface area contributed by atoms with Crippen molar-refractivity contribution >= 4 is 5.91 Å². The number of hydrogen-bond acceptors (Lipinski definition) is 3. The molecule has 1 amide bonds. The molecule has 4 nitrogen and oxygen atoms in total. The van der Waals surface area contributed by atoms with E-state index in [4.69, 9.17) is 5.73 Å². The van der Waals surface area contributed by atoms with Crippen LogP contribution < -0.4 is 11.1 Å². The monoisotopic (exact) mass is 200 g/mol. The summed E-state index contributed by atoms with van der Waals surface area (Å²) >= 11 is 0. The summed E-state index contributed by atoms with van der Waals surface area (Å²) in [5, 5.41) is 12.1. The number of rotatable bonds is 4. The van der Waals surface area contributed by atoms with E-state index >= 15 is 0 Å². The third-order valence-corrected chi connectivity index (χ3v) is 3.03. The van der Waals surface area contributed by atoms with Gasteiger partial charge in [-0.1, -0.05) is 19.8 Å². The molecule has 0 aromatic carbocycles. The summed E-state index contributed by atoms with van der Waals surface area (Å²) in [7, 11) is 0. The molecule has 1 atom stereocenters. The number of nitrogens with one attached hydrogen (secondary N) is 1. The SMILES string of the molecule is CC[C@@H](N)C(=O)NC1(CO)CCCC1. The molecule has 0 heterocycles. The highest BCUT2D eigenvalue weighted by molar-refractivity contribution is 5.82. The Morgan fingerprint density at radius 2 is 2.14 bits per heavy atom. The van der Waals surface area contributed by atoms with Gasteiger partial charge in [0.1, 0.15) is 0 Å². The number of amides is 1. The number of carbonyl (C=O) groups is 1. The van der Waals surface area contributed by atoms with Gasteiger partial charge in [-0.3, -0.25) is 4.79 Å². The van der Waals surface area contributed by atoms with Crippen LogP contribution in [0.2, 0.25) is 0 Å². The molecule has 1 saturated carbocycles. The summed E-state index contributed by atoms with van der Waals surface area (Å²) in [6.45, 7) is 1.90. The van der Waals surface area contributed by atoms with Gasteiger partial charge < -0.3 is 16.2 Å². The first-order chi connectivity index (χ1) is 6.63. The Bertz CT molecular complexity index is 200. The third kappa shape index (κ3) is 2.45. The highest BCUT2D eigenvalue weighted by Crippen LogP contribution is 2.29. The fourth-order valence-electron chi connectivity index (χ4n) is 1.91. The standard InChI is InChI=1S/C10H20N2O2/c1-2-8(11)9(14)12-10(7-13)5-3-4-6-10/h8,13H,2-7,11H2,1H3,(H,12,14)/t8-/m1/s1. The lowest BCUT2D eigenvalue weighted by molar-refractivity contribution is -0.124. The number of hydrogen-bond donors (Lipinski definition) is 3. The van der Waals surface area contributed by atoms with Gasteiger partial charge in [-0.25, -0.2) is 0 Å². The molecule has 1 aliphatic carbocycles. The van der Waals surface area contributed by atoms with Crippen molar-refractivity contribution in [2.45, 2.75) is 50.6 Å². The first-order valence-corrected chi connectivity index (χ1v) is 5.32. The molecule has 0 aromatic rings. The lowest BCUT2D eigenvalue weighted by Gasteiger charge is -2.29. The molecular weight excluding hydrogens is 180 g/mol. The van der Waals surface area contributed by atoms with Crippen LogP contribution in [-0.4, -0.2) is 29.2 Å². The van der Waals surface area contributed by atoms with Crippen molar-refractivity contribution in [3.63, 3.8) is 0 Å². The molecule has 0 spiro atoms. The van der Waals surface area contributed by atoms with Gasteiger partial charge in [0.25, 0.3) is 0 Å². The van der Waals surface area contributed by atoms with Gasteiger partial charge in [-0.2, -0.15) is 0 Å². The first kappa shape index (κ1) is 11.5. The molecule has 1 fully saturated rings. The molecule has 1 rings (SSSR count). The van der Waals surface area contributed by atoms with E-state index in [0.29, 0.717) is 6.42 Å². The van der Waals surface area contributed by atoms with Crippen molar-refractivity contribution in [2.24, 2.45) is 5.73 Å². The van der Waals surface area contributed by atoms with Crippen molar-refractivity contribution < 1.29 is 9.90 Å². The maximum Gasteiger partial charge on any atom is 0.237 e. The van der Waals surface area contributed by atoms with Crippen LogP contribution in [0.3, 0.4) is 0 Å². The molecular formula is C10H20N2O2. The van der Waals surface area contributed by atoms with Crippen LogP contribution >= 0.6 is 0 Å². The maximum absolute atomic E-state index is 11.5. The highest BCUT2D eigenvalue weighted by atomic mass is 16.3. The van der Waals surface area contributed by atoms with Crippen molar-refractivity contribution in [3.05, 3.63) is 0 Å². The number of carbonyl (C=O) groups excluding carboxylic acids is 1. The summed E-state index contributed by atoms with van der Waals surface area (Å²) in [5.41, 5.74) is 5.23. The largest absolute Gasteiger partial charge is 0.394 e. The van der Waals surface area contributed by atoms with Crippen LogP contribution in [0.5, 0.6) is 0 Å². The smallest absolute Gasteiger partial charge is 0.237 e. The molecule has 0 bridgehead atoms. The van der Waals surface area contributed by atoms with E-state index in [0.717, 1.165) is 25.7 Å². The third-order valence-electron chi connectivity index (χ3n) is 3.03. The van der Waals surface area contributed by atoms with Gasteiger partial charge in [0.05, 0.1) is 18.2 Å². The molecule has 1 aliphatic rings. The van der Waals surface area contributed by atoms with Crippen LogP contribution in [0.1, 0.15) is 39.0 Å². The van der Waals surface area contributed by atoms with Crippen LogP contribution in [-0.2, 0) is 4.79 Å². The van der Waals surface area contributed by atoms with Gasteiger partial charge >= 0.3 is 0 Å². The molecule has 0 aliphatic heterocycles. The minimum atomic E-state index is -0.445. The Balaban J connectivity index is 2.52. The fraction of sp³-hybridized carbons (Fsp3) is 0.900. The molecule has 0 unspecified atom stereocenters. The van der Waals surface area contributed by atoms with E-state index in [2.05, 4.69) is 5.32 Å². The fourth-order valence-corrected chi connectivity index (χ4v) is 1.91. The lowest BCUT2D eigenvalue weighted by Crippen LogP contribution is -2.54. The van der Waals surface area contributed by atoms with Crippen LogP contribution in [0.15, 0.2) is 0 Å². The van der Waals surface area contributed by atoms with Crippen molar-refractivity contribution in [1.29, 1.82) is 0 Å². The Labute approximate surface area is 84.9 Å². The van der Waals surface area contributed by atoms with Crippen LogP contribution in [0.25, 0.3) is 0 Å². The topological polar surface area (TPSA) is 75.4 Å². The van der Waals surface area contributed by atoms with Gasteiger partial charge in [0, 0.05) is 0 Å². The predicted octanol–water partition coefficient (Wildman–Crippen LogP) is 0.145. The zero-order chi connectivity index (χ0) is 10.6. The molecule has 0 radical (unpaired) electrons. The maximum atomic E-state index is 11.5. The average molecular weight is 200 g/mol. The predicted molar refractivity (Wildman–Crippen MR) is 54.7 cm³/mol. The second kappa shape index (κ2) is 4.75. The molecule has 82 valence electrons. The van der Waals surface area contributed by atoms with E-state index in [1.54, 1.807) is 0 Å². The Morgan fingerprint density at radius 1 is 1.57 bits per heavy atom. The summed E-state index contributed by atoms with van der Waals surface area (Å²) in [6.07, 6.45) is 4.51. The van der Waals surface area contributed by atoms with Crippen LogP contribution in [0, 0.1) is 0 Å². The summed E-state index contributed by atoms with van der Waals surface area (Å²) in [5.74, 6) is -0.136. The van der Waals surface area contributed by atoms with E-state index in [1.165, 1.54) is 0 Å². The Morgan fingerprint density at radius 3 is 2.57 bits per heavy atom. The highest BCUT2D eigenvalue weighted by Gasteiger charge is 2.35. The average Bonchev–Trinajstić information content (AvgIpc) is 2.65. The van der Waals surface area contributed by atoms with Crippen LogP contribution in [0.4, 0.5) is 0 Å². The molecule has 0 aromatic heterocycles. The van der Waals surface area contributed by atoms with Crippen molar-refractivity contribution in [3.8, 4) is 0 Å². The lowest BCUT2D eigenvalue weighted by atomic mass is 9.98. The molecule has 0 saturated heterocycles. The number of aliphatic hydroxyl groups excluding tert-OH is 1. The molecule has 4 N–H and O–H groups in total. The number of aliphatic hydroxyl groups is 1. The van der Waals surface area contributed by atoms with Gasteiger partial charge in [0.15, 0.2) is 0 Å². The molecule has 4 heteroatoms. The van der Waals surface area contributed by atoms with E-state index in [9.17, 15) is 9.90 Å². The minimum absolute atomic E-state index is 0.0230. The summed E-state index contributed by atoms with van der Waals surface area (Å²) in [4.78, 5) is 11.5. The van der Waals surface area contributed by atoms with Gasteiger partial charge in [0.2, 0.25) is 5.91 Å². The zero-order valence-corrected chi connectivity index (χ0v) is 8.75. The van der Waals surface area contributed by atoms with Gasteiger partial charge in [-0.05, 0) is 19.3 Å². The number of nitrogens with two attached hydrogens (primary N) is 1.